The molecule has 0 bridgehead atoms. The molecule has 13 heavy (non-hydrogen) atoms. The molecule has 2 heterocycles. The first-order chi connectivity index (χ1) is 6.18. The minimum Gasteiger partial charge on any atom is -0.485 e. The van der Waals surface area contributed by atoms with Crippen molar-refractivity contribution < 1.29 is 9.47 Å². The Bertz CT molecular complexity index is 280. The van der Waals surface area contributed by atoms with Gasteiger partial charge in [0.05, 0.1) is 6.61 Å². The van der Waals surface area contributed by atoms with E-state index in [1.807, 2.05) is 26.0 Å². The van der Waals surface area contributed by atoms with Gasteiger partial charge in [0.15, 0.2) is 0 Å². The molecule has 1 aromatic heterocycles. The number of hydrogen-bond donors (Lipinski definition) is 0. The molecule has 0 spiro atoms. The van der Waals surface area contributed by atoms with Crippen LogP contribution in [0.25, 0.3) is 0 Å². The van der Waals surface area contributed by atoms with Crippen LogP contribution in [-0.4, -0.2) is 23.3 Å². The molecule has 0 aliphatic carbocycles. The Morgan fingerprint density at radius 2 is 2.08 bits per heavy atom. The summed E-state index contributed by atoms with van der Waals surface area (Å²) in [4.78, 5) is 3.92. The van der Waals surface area contributed by atoms with Crippen molar-refractivity contribution in [3.8, 4) is 5.75 Å². The number of pyridine rings is 1. The van der Waals surface area contributed by atoms with Gasteiger partial charge >= 0.3 is 0 Å². The lowest BCUT2D eigenvalue weighted by Gasteiger charge is -2.24. The number of rotatable bonds is 3. The van der Waals surface area contributed by atoms with Gasteiger partial charge in [-0.05, 0) is 26.0 Å². The monoisotopic (exact) mass is 179 g/mol. The highest BCUT2D eigenvalue weighted by atomic mass is 16.6. The van der Waals surface area contributed by atoms with Crippen LogP contribution >= 0.6 is 0 Å². The molecule has 1 saturated heterocycles. The molecule has 1 aromatic rings. The molecule has 3 nitrogen and oxygen atoms in total. The fraction of sp³-hybridized carbons (Fsp3) is 0.500. The summed E-state index contributed by atoms with van der Waals surface area (Å²) in [6.07, 6.45) is 3.68. The summed E-state index contributed by atoms with van der Waals surface area (Å²) in [5.41, 5.74) is -0.235. The number of aromatic nitrogens is 1. The lowest BCUT2D eigenvalue weighted by atomic mass is 10.1. The molecule has 1 unspecified atom stereocenters. The van der Waals surface area contributed by atoms with E-state index in [0.717, 1.165) is 12.4 Å². The van der Waals surface area contributed by atoms with Crippen molar-refractivity contribution in [3.05, 3.63) is 24.5 Å². The fourth-order valence-electron chi connectivity index (χ4n) is 1.23. The van der Waals surface area contributed by atoms with E-state index in [1.54, 1.807) is 12.4 Å². The molecule has 3 heteroatoms. The summed E-state index contributed by atoms with van der Waals surface area (Å²) >= 11 is 0. The topological polar surface area (TPSA) is 34.6 Å². The van der Waals surface area contributed by atoms with Crippen molar-refractivity contribution in [2.75, 3.05) is 6.61 Å². The second-order valence-corrected chi connectivity index (χ2v) is 3.71. The van der Waals surface area contributed by atoms with E-state index in [9.17, 15) is 0 Å². The Morgan fingerprint density at radius 3 is 2.62 bits per heavy atom. The second-order valence-electron chi connectivity index (χ2n) is 3.71. The van der Waals surface area contributed by atoms with Crippen LogP contribution in [-0.2, 0) is 4.74 Å². The van der Waals surface area contributed by atoms with Gasteiger partial charge in [-0.15, -0.1) is 0 Å². The Balaban J connectivity index is 2.04. The summed E-state index contributed by atoms with van der Waals surface area (Å²) in [5.74, 6) is 0.843. The minimum absolute atomic E-state index is 0.235. The largest absolute Gasteiger partial charge is 0.485 e. The van der Waals surface area contributed by atoms with E-state index in [2.05, 4.69) is 4.98 Å². The molecule has 0 saturated carbocycles. The van der Waals surface area contributed by atoms with Crippen molar-refractivity contribution in [2.24, 2.45) is 0 Å². The molecule has 2 rings (SSSR count). The van der Waals surface area contributed by atoms with Gasteiger partial charge in [0.2, 0.25) is 0 Å². The van der Waals surface area contributed by atoms with Crippen LogP contribution in [0.1, 0.15) is 13.8 Å². The van der Waals surface area contributed by atoms with Crippen molar-refractivity contribution in [1.29, 1.82) is 0 Å². The maximum Gasteiger partial charge on any atom is 0.132 e. The highest BCUT2D eigenvalue weighted by Gasteiger charge is 2.41. The Labute approximate surface area is 77.7 Å². The third-order valence-electron chi connectivity index (χ3n) is 2.14. The molecular formula is C10H13NO2. The van der Waals surface area contributed by atoms with E-state index in [1.165, 1.54) is 0 Å². The van der Waals surface area contributed by atoms with Crippen LogP contribution in [0.15, 0.2) is 24.5 Å². The Kier molecular flexibility index (Phi) is 1.96. The highest BCUT2D eigenvalue weighted by Crippen LogP contribution is 2.28. The average molecular weight is 179 g/mol. The van der Waals surface area contributed by atoms with E-state index in [-0.39, 0.29) is 11.7 Å². The quantitative estimate of drug-likeness (QED) is 0.661. The molecular weight excluding hydrogens is 166 g/mol. The van der Waals surface area contributed by atoms with Crippen molar-refractivity contribution in [3.63, 3.8) is 0 Å². The van der Waals surface area contributed by atoms with Crippen molar-refractivity contribution in [1.82, 2.24) is 4.98 Å². The molecule has 0 N–H and O–H groups in total. The van der Waals surface area contributed by atoms with Crippen LogP contribution in [0, 0.1) is 0 Å². The van der Waals surface area contributed by atoms with Crippen LogP contribution < -0.4 is 4.74 Å². The molecule has 0 amide bonds. The molecule has 1 fully saturated rings. The fourth-order valence-corrected chi connectivity index (χ4v) is 1.23. The zero-order valence-electron chi connectivity index (χ0n) is 7.86. The van der Waals surface area contributed by atoms with E-state index in [4.69, 9.17) is 9.47 Å². The molecule has 0 aromatic carbocycles. The minimum atomic E-state index is -0.235. The Hall–Kier alpha value is -1.09. The highest BCUT2D eigenvalue weighted by molar-refractivity contribution is 5.18. The molecule has 1 aliphatic rings. The zero-order chi connectivity index (χ0) is 9.31. The molecule has 70 valence electrons. The van der Waals surface area contributed by atoms with Crippen LogP contribution in [0.5, 0.6) is 5.75 Å². The summed E-state index contributed by atoms with van der Waals surface area (Å²) in [7, 11) is 0. The first-order valence-corrected chi connectivity index (χ1v) is 4.39. The van der Waals surface area contributed by atoms with Gasteiger partial charge in [0.1, 0.15) is 17.5 Å². The molecule has 1 atom stereocenters. The van der Waals surface area contributed by atoms with Gasteiger partial charge in [-0.1, -0.05) is 0 Å². The zero-order valence-corrected chi connectivity index (χ0v) is 7.86. The van der Waals surface area contributed by atoms with Gasteiger partial charge < -0.3 is 9.47 Å². The lowest BCUT2D eigenvalue weighted by molar-refractivity contribution is 0.0743. The predicted octanol–water partition coefficient (Wildman–Crippen LogP) is 1.64. The van der Waals surface area contributed by atoms with Crippen LogP contribution in [0.3, 0.4) is 0 Å². The van der Waals surface area contributed by atoms with Gasteiger partial charge in [0.25, 0.3) is 0 Å². The first-order valence-electron chi connectivity index (χ1n) is 4.39. The SMILES string of the molecule is CC(C)(Oc1ccncc1)C1CO1. The van der Waals surface area contributed by atoms with Gasteiger partial charge in [-0.25, -0.2) is 0 Å². The van der Waals surface area contributed by atoms with E-state index < -0.39 is 0 Å². The summed E-state index contributed by atoms with van der Waals surface area (Å²) in [6.45, 7) is 4.87. The maximum atomic E-state index is 5.76. The number of ether oxygens (including phenoxy) is 2. The predicted molar refractivity (Wildman–Crippen MR) is 48.7 cm³/mol. The summed E-state index contributed by atoms with van der Waals surface area (Å²) in [6, 6.07) is 3.70. The van der Waals surface area contributed by atoms with Gasteiger partial charge in [0, 0.05) is 12.4 Å². The third kappa shape index (κ3) is 1.98. The number of hydrogen-bond acceptors (Lipinski definition) is 3. The van der Waals surface area contributed by atoms with Crippen LogP contribution in [0.2, 0.25) is 0 Å². The molecule has 1 aliphatic heterocycles. The third-order valence-corrected chi connectivity index (χ3v) is 2.14. The Morgan fingerprint density at radius 1 is 1.46 bits per heavy atom. The smallest absolute Gasteiger partial charge is 0.132 e. The summed E-state index contributed by atoms with van der Waals surface area (Å²) in [5, 5.41) is 0. The number of epoxide rings is 1. The van der Waals surface area contributed by atoms with E-state index >= 15 is 0 Å². The number of nitrogens with zero attached hydrogens (tertiary/aromatic N) is 1. The second kappa shape index (κ2) is 3.00. The van der Waals surface area contributed by atoms with E-state index in [0.29, 0.717) is 0 Å². The maximum absolute atomic E-state index is 5.76. The average Bonchev–Trinajstić information content (AvgIpc) is 2.87. The van der Waals surface area contributed by atoms with Gasteiger partial charge in [-0.2, -0.15) is 0 Å². The lowest BCUT2D eigenvalue weighted by Crippen LogP contribution is -2.34. The van der Waals surface area contributed by atoms with Crippen molar-refractivity contribution >= 4 is 0 Å². The van der Waals surface area contributed by atoms with Crippen molar-refractivity contribution in [2.45, 2.75) is 25.6 Å². The molecule has 0 radical (unpaired) electrons. The normalized spacial score (nSPS) is 21.2. The first kappa shape index (κ1) is 8.51. The summed E-state index contributed by atoms with van der Waals surface area (Å²) < 4.78 is 11.0. The standard InChI is InChI=1S/C10H13NO2/c1-10(2,9-7-12-9)13-8-3-5-11-6-4-8/h3-6,9H,7H2,1-2H3. The van der Waals surface area contributed by atoms with Crippen LogP contribution in [0.4, 0.5) is 0 Å². The van der Waals surface area contributed by atoms with Gasteiger partial charge in [-0.3, -0.25) is 4.98 Å².